The van der Waals surface area contributed by atoms with E-state index in [1.807, 2.05) is 19.1 Å². The van der Waals surface area contributed by atoms with Gasteiger partial charge in [-0.1, -0.05) is 26.8 Å². The van der Waals surface area contributed by atoms with Crippen LogP contribution in [0.4, 0.5) is 0 Å². The van der Waals surface area contributed by atoms with Crippen molar-refractivity contribution in [2.24, 2.45) is 5.41 Å². The SMILES string of the molecule is CCOc1cccc(Oc2ccc(C(=O)N[C@H](C=O)CCC(C)(C)C)cn2)c1. The molecule has 150 valence electrons. The third kappa shape index (κ3) is 7.02. The first kappa shape index (κ1) is 21.4. The summed E-state index contributed by atoms with van der Waals surface area (Å²) < 4.78 is 11.1. The maximum atomic E-state index is 12.4. The number of hydrogen-bond acceptors (Lipinski definition) is 5. The Morgan fingerprint density at radius 1 is 1.21 bits per heavy atom. The van der Waals surface area contributed by atoms with Gasteiger partial charge < -0.3 is 19.6 Å². The minimum absolute atomic E-state index is 0.103. The molecule has 0 saturated heterocycles. The largest absolute Gasteiger partial charge is 0.494 e. The summed E-state index contributed by atoms with van der Waals surface area (Å²) in [5, 5.41) is 2.74. The predicted molar refractivity (Wildman–Crippen MR) is 108 cm³/mol. The Hall–Kier alpha value is -2.89. The van der Waals surface area contributed by atoms with Crippen LogP contribution in [0.1, 0.15) is 50.9 Å². The quantitative estimate of drug-likeness (QED) is 0.649. The van der Waals surface area contributed by atoms with Gasteiger partial charge in [0.2, 0.25) is 5.88 Å². The third-order valence-corrected chi connectivity index (χ3v) is 4.02. The van der Waals surface area contributed by atoms with Crippen LogP contribution >= 0.6 is 0 Å². The van der Waals surface area contributed by atoms with Crippen LogP contribution in [-0.2, 0) is 4.79 Å². The van der Waals surface area contributed by atoms with Crippen LogP contribution in [0.25, 0.3) is 0 Å². The minimum atomic E-state index is -0.510. The van der Waals surface area contributed by atoms with Crippen molar-refractivity contribution in [2.45, 2.75) is 46.6 Å². The van der Waals surface area contributed by atoms with Crippen LogP contribution in [0, 0.1) is 5.41 Å². The van der Waals surface area contributed by atoms with Gasteiger partial charge in [-0.05, 0) is 43.4 Å². The number of amides is 1. The van der Waals surface area contributed by atoms with E-state index in [2.05, 4.69) is 31.1 Å². The molecule has 6 heteroatoms. The number of ether oxygens (including phenoxy) is 2. The van der Waals surface area contributed by atoms with Gasteiger partial charge >= 0.3 is 0 Å². The number of benzene rings is 1. The Balaban J connectivity index is 1.96. The van der Waals surface area contributed by atoms with Crippen LogP contribution in [0.15, 0.2) is 42.6 Å². The Kier molecular flexibility index (Phi) is 7.55. The molecule has 0 radical (unpaired) electrons. The van der Waals surface area contributed by atoms with E-state index in [9.17, 15) is 9.59 Å². The third-order valence-electron chi connectivity index (χ3n) is 4.02. The van der Waals surface area contributed by atoms with E-state index in [-0.39, 0.29) is 11.3 Å². The van der Waals surface area contributed by atoms with Crippen molar-refractivity contribution in [1.82, 2.24) is 10.3 Å². The van der Waals surface area contributed by atoms with Gasteiger partial charge in [0.15, 0.2) is 0 Å². The number of hydrogen-bond donors (Lipinski definition) is 1. The first-order valence-corrected chi connectivity index (χ1v) is 9.43. The van der Waals surface area contributed by atoms with E-state index < -0.39 is 6.04 Å². The van der Waals surface area contributed by atoms with Gasteiger partial charge in [0.1, 0.15) is 17.8 Å². The Labute approximate surface area is 166 Å². The molecule has 6 nitrogen and oxygen atoms in total. The van der Waals surface area contributed by atoms with Crippen molar-refractivity contribution in [2.75, 3.05) is 6.61 Å². The number of rotatable bonds is 9. The molecule has 1 aromatic heterocycles. The fourth-order valence-corrected chi connectivity index (χ4v) is 2.50. The first-order valence-electron chi connectivity index (χ1n) is 9.43. The van der Waals surface area contributed by atoms with Crippen LogP contribution < -0.4 is 14.8 Å². The van der Waals surface area contributed by atoms with Crippen molar-refractivity contribution in [3.8, 4) is 17.4 Å². The molecule has 0 bridgehead atoms. The highest BCUT2D eigenvalue weighted by Gasteiger charge is 2.17. The zero-order chi connectivity index (χ0) is 20.6. The highest BCUT2D eigenvalue weighted by Crippen LogP contribution is 2.24. The Bertz CT molecular complexity index is 782. The van der Waals surface area contributed by atoms with E-state index in [4.69, 9.17) is 9.47 Å². The van der Waals surface area contributed by atoms with Crippen molar-refractivity contribution in [3.05, 3.63) is 48.2 Å². The lowest BCUT2D eigenvalue weighted by Crippen LogP contribution is -2.36. The molecule has 1 aromatic carbocycles. The second-order valence-electron chi connectivity index (χ2n) is 7.71. The van der Waals surface area contributed by atoms with Crippen LogP contribution in [0.2, 0.25) is 0 Å². The molecule has 1 heterocycles. The van der Waals surface area contributed by atoms with Crippen molar-refractivity contribution in [3.63, 3.8) is 0 Å². The summed E-state index contributed by atoms with van der Waals surface area (Å²) in [5.41, 5.74) is 0.476. The lowest BCUT2D eigenvalue weighted by Gasteiger charge is -2.20. The Morgan fingerprint density at radius 2 is 1.96 bits per heavy atom. The maximum Gasteiger partial charge on any atom is 0.253 e. The van der Waals surface area contributed by atoms with Crippen LogP contribution in [0.5, 0.6) is 17.4 Å². The van der Waals surface area contributed by atoms with Gasteiger partial charge in [-0.15, -0.1) is 0 Å². The molecule has 2 aromatic rings. The zero-order valence-corrected chi connectivity index (χ0v) is 16.9. The van der Waals surface area contributed by atoms with Crippen molar-refractivity contribution in [1.29, 1.82) is 0 Å². The molecular formula is C22H28N2O4. The summed E-state index contributed by atoms with van der Waals surface area (Å²) in [6, 6.07) is 9.98. The number of nitrogens with zero attached hydrogens (tertiary/aromatic N) is 1. The lowest BCUT2D eigenvalue weighted by molar-refractivity contribution is -0.109. The predicted octanol–water partition coefficient (Wildman–Crippen LogP) is 4.40. The van der Waals surface area contributed by atoms with Crippen LogP contribution in [0.3, 0.4) is 0 Å². The average Bonchev–Trinajstić information content (AvgIpc) is 2.65. The topological polar surface area (TPSA) is 77.5 Å². The molecule has 0 aliphatic heterocycles. The van der Waals surface area contributed by atoms with E-state index in [1.54, 1.807) is 24.3 Å². The minimum Gasteiger partial charge on any atom is -0.494 e. The number of carbonyl (C=O) groups excluding carboxylic acids is 2. The summed E-state index contributed by atoms with van der Waals surface area (Å²) in [6.07, 6.45) is 3.65. The molecule has 2 rings (SSSR count). The van der Waals surface area contributed by atoms with E-state index in [0.29, 0.717) is 36.0 Å². The second-order valence-corrected chi connectivity index (χ2v) is 7.71. The number of nitrogens with one attached hydrogen (secondary N) is 1. The van der Waals surface area contributed by atoms with E-state index in [1.165, 1.54) is 6.20 Å². The average molecular weight is 384 g/mol. The zero-order valence-electron chi connectivity index (χ0n) is 16.9. The number of pyridine rings is 1. The molecule has 28 heavy (non-hydrogen) atoms. The highest BCUT2D eigenvalue weighted by atomic mass is 16.5. The van der Waals surface area contributed by atoms with Gasteiger partial charge in [0.05, 0.1) is 18.2 Å². The molecule has 0 unspecified atom stereocenters. The van der Waals surface area contributed by atoms with Crippen molar-refractivity contribution < 1.29 is 19.1 Å². The molecule has 0 saturated carbocycles. The Morgan fingerprint density at radius 3 is 2.57 bits per heavy atom. The summed E-state index contributed by atoms with van der Waals surface area (Å²) in [7, 11) is 0. The van der Waals surface area contributed by atoms with Crippen molar-refractivity contribution >= 4 is 12.2 Å². The molecule has 1 atom stereocenters. The molecule has 1 N–H and O–H groups in total. The van der Waals surface area contributed by atoms with Gasteiger partial charge in [-0.25, -0.2) is 4.98 Å². The standard InChI is InChI=1S/C22H28N2O4/c1-5-27-18-7-6-8-19(13-18)28-20-10-9-16(14-23-20)21(26)24-17(15-25)11-12-22(2,3)4/h6-10,13-15,17H,5,11-12H2,1-4H3,(H,24,26)/t17-/m0/s1. The van der Waals surface area contributed by atoms with Gasteiger partial charge in [0.25, 0.3) is 5.91 Å². The van der Waals surface area contributed by atoms with Gasteiger partial charge in [-0.2, -0.15) is 0 Å². The fourth-order valence-electron chi connectivity index (χ4n) is 2.50. The summed E-state index contributed by atoms with van der Waals surface area (Å²) in [6.45, 7) is 8.79. The fraction of sp³-hybridized carbons (Fsp3) is 0.409. The number of aldehydes is 1. The van der Waals surface area contributed by atoms with Gasteiger partial charge in [0, 0.05) is 18.3 Å². The smallest absolute Gasteiger partial charge is 0.253 e. The van der Waals surface area contributed by atoms with Gasteiger partial charge in [-0.3, -0.25) is 4.79 Å². The summed E-state index contributed by atoms with van der Waals surface area (Å²) in [5.74, 6) is 1.35. The van der Waals surface area contributed by atoms with E-state index in [0.717, 1.165) is 12.7 Å². The molecule has 0 spiro atoms. The van der Waals surface area contributed by atoms with E-state index >= 15 is 0 Å². The first-order chi connectivity index (χ1) is 13.3. The molecule has 0 fully saturated rings. The summed E-state index contributed by atoms with van der Waals surface area (Å²) >= 11 is 0. The summed E-state index contributed by atoms with van der Waals surface area (Å²) in [4.78, 5) is 27.8. The highest BCUT2D eigenvalue weighted by molar-refractivity contribution is 5.95. The lowest BCUT2D eigenvalue weighted by atomic mass is 9.89. The van der Waals surface area contributed by atoms with Crippen LogP contribution in [-0.4, -0.2) is 29.8 Å². The normalized spacial score (nSPS) is 12.1. The molecule has 0 aliphatic rings. The maximum absolute atomic E-state index is 12.4. The monoisotopic (exact) mass is 384 g/mol. The second kappa shape index (κ2) is 9.88. The molecule has 0 aliphatic carbocycles. The number of aromatic nitrogens is 1. The molecular weight excluding hydrogens is 356 g/mol. The number of carbonyl (C=O) groups is 2. The molecule has 1 amide bonds.